The van der Waals surface area contributed by atoms with Gasteiger partial charge in [0.1, 0.15) is 5.76 Å². The van der Waals surface area contributed by atoms with Crippen LogP contribution in [0, 0.1) is 0 Å². The van der Waals surface area contributed by atoms with Gasteiger partial charge >= 0.3 is 5.97 Å². The number of carbonyl (C=O) groups is 1. The second-order valence-corrected chi connectivity index (χ2v) is 4.09. The summed E-state index contributed by atoms with van der Waals surface area (Å²) < 4.78 is 10.6. The third-order valence-corrected chi connectivity index (χ3v) is 2.74. The molecule has 0 aliphatic rings. The molecule has 4 nitrogen and oxygen atoms in total. The summed E-state index contributed by atoms with van der Waals surface area (Å²) in [6.07, 6.45) is 0.863. The largest absolute Gasteiger partial charge is 0.466 e. The zero-order chi connectivity index (χ0) is 13.7. The second-order valence-electron chi connectivity index (χ2n) is 4.09. The SMILES string of the molecule is CCOC(=O)Cc1nc(-c2ccccc2)oc1CC. The van der Waals surface area contributed by atoms with Crippen molar-refractivity contribution in [3.8, 4) is 11.5 Å². The average molecular weight is 259 g/mol. The number of hydrogen-bond acceptors (Lipinski definition) is 4. The number of aromatic nitrogens is 1. The summed E-state index contributed by atoms with van der Waals surface area (Å²) >= 11 is 0. The molecule has 2 aromatic rings. The Morgan fingerprint density at radius 3 is 2.63 bits per heavy atom. The lowest BCUT2D eigenvalue weighted by molar-refractivity contribution is -0.142. The topological polar surface area (TPSA) is 52.3 Å². The molecule has 4 heteroatoms. The molecule has 0 amide bonds. The van der Waals surface area contributed by atoms with Gasteiger partial charge in [-0.25, -0.2) is 4.98 Å². The molecule has 0 spiro atoms. The number of hydrogen-bond donors (Lipinski definition) is 0. The van der Waals surface area contributed by atoms with Gasteiger partial charge < -0.3 is 9.15 Å². The minimum absolute atomic E-state index is 0.160. The molecule has 1 aromatic carbocycles. The van der Waals surface area contributed by atoms with E-state index in [2.05, 4.69) is 4.98 Å². The summed E-state index contributed by atoms with van der Waals surface area (Å²) in [7, 11) is 0. The molecular weight excluding hydrogens is 242 g/mol. The van der Waals surface area contributed by atoms with E-state index in [9.17, 15) is 4.79 Å². The number of oxazole rings is 1. The Balaban J connectivity index is 2.25. The molecule has 0 saturated heterocycles. The summed E-state index contributed by atoms with van der Waals surface area (Å²) in [6.45, 7) is 4.14. The monoisotopic (exact) mass is 259 g/mol. The van der Waals surface area contributed by atoms with Gasteiger partial charge in [0.2, 0.25) is 5.89 Å². The molecule has 19 heavy (non-hydrogen) atoms. The van der Waals surface area contributed by atoms with Gasteiger partial charge in [0.05, 0.1) is 18.7 Å². The van der Waals surface area contributed by atoms with Crippen LogP contribution in [0.2, 0.25) is 0 Å². The molecule has 0 atom stereocenters. The highest BCUT2D eigenvalue weighted by atomic mass is 16.5. The quantitative estimate of drug-likeness (QED) is 0.774. The number of rotatable bonds is 5. The molecule has 0 aliphatic heterocycles. The van der Waals surface area contributed by atoms with Crippen molar-refractivity contribution >= 4 is 5.97 Å². The van der Waals surface area contributed by atoms with Crippen molar-refractivity contribution in [3.05, 3.63) is 41.8 Å². The van der Waals surface area contributed by atoms with Crippen molar-refractivity contribution < 1.29 is 13.9 Å². The molecule has 100 valence electrons. The first-order valence-electron chi connectivity index (χ1n) is 6.44. The Kier molecular flexibility index (Phi) is 4.34. The van der Waals surface area contributed by atoms with Crippen molar-refractivity contribution in [1.29, 1.82) is 0 Å². The lowest BCUT2D eigenvalue weighted by Gasteiger charge is -1.99. The number of carbonyl (C=O) groups excluding carboxylic acids is 1. The Hall–Kier alpha value is -2.10. The summed E-state index contributed by atoms with van der Waals surface area (Å²) in [5.41, 5.74) is 1.58. The van der Waals surface area contributed by atoms with Gasteiger partial charge in [0, 0.05) is 12.0 Å². The van der Waals surface area contributed by atoms with Gasteiger partial charge in [-0.05, 0) is 19.1 Å². The fourth-order valence-electron chi connectivity index (χ4n) is 1.85. The average Bonchev–Trinajstić information content (AvgIpc) is 2.83. The molecule has 0 N–H and O–H groups in total. The van der Waals surface area contributed by atoms with Crippen LogP contribution in [0.3, 0.4) is 0 Å². The van der Waals surface area contributed by atoms with Gasteiger partial charge in [-0.2, -0.15) is 0 Å². The van der Waals surface area contributed by atoms with Crippen molar-refractivity contribution in [2.24, 2.45) is 0 Å². The highest BCUT2D eigenvalue weighted by molar-refractivity contribution is 5.72. The molecule has 0 unspecified atom stereocenters. The van der Waals surface area contributed by atoms with Crippen molar-refractivity contribution in [3.63, 3.8) is 0 Å². The van der Waals surface area contributed by atoms with E-state index >= 15 is 0 Å². The maximum absolute atomic E-state index is 11.5. The fourth-order valence-corrected chi connectivity index (χ4v) is 1.85. The smallest absolute Gasteiger partial charge is 0.311 e. The maximum atomic E-state index is 11.5. The molecule has 1 aromatic heterocycles. The van der Waals surface area contributed by atoms with Crippen molar-refractivity contribution in [2.45, 2.75) is 26.7 Å². The van der Waals surface area contributed by atoms with E-state index in [4.69, 9.17) is 9.15 Å². The number of aryl methyl sites for hydroxylation is 1. The van der Waals surface area contributed by atoms with E-state index in [1.165, 1.54) is 0 Å². The standard InChI is InChI=1S/C15H17NO3/c1-3-13-12(10-14(17)18-4-2)16-15(19-13)11-8-6-5-7-9-11/h5-9H,3-4,10H2,1-2H3. The van der Waals surface area contributed by atoms with E-state index in [0.717, 1.165) is 11.3 Å². The molecule has 0 aliphatic carbocycles. The molecular formula is C15H17NO3. The lowest BCUT2D eigenvalue weighted by Crippen LogP contribution is -2.09. The van der Waals surface area contributed by atoms with Gasteiger partial charge in [-0.15, -0.1) is 0 Å². The molecule has 0 bridgehead atoms. The lowest BCUT2D eigenvalue weighted by atomic mass is 10.2. The van der Waals surface area contributed by atoms with Crippen LogP contribution in [0.15, 0.2) is 34.7 Å². The van der Waals surface area contributed by atoms with Crippen LogP contribution in [0.4, 0.5) is 0 Å². The highest BCUT2D eigenvalue weighted by Crippen LogP contribution is 2.22. The van der Waals surface area contributed by atoms with Gasteiger partial charge in [0.15, 0.2) is 0 Å². The van der Waals surface area contributed by atoms with Gasteiger partial charge in [0.25, 0.3) is 0 Å². The predicted octanol–water partition coefficient (Wildman–Crippen LogP) is 3.01. The van der Waals surface area contributed by atoms with E-state index in [1.54, 1.807) is 6.92 Å². The Labute approximate surface area is 112 Å². The number of nitrogens with zero attached hydrogens (tertiary/aromatic N) is 1. The van der Waals surface area contributed by atoms with Gasteiger partial charge in [-0.1, -0.05) is 25.1 Å². The van der Waals surface area contributed by atoms with Crippen LogP contribution in [-0.4, -0.2) is 17.6 Å². The third kappa shape index (κ3) is 3.22. The van der Waals surface area contributed by atoms with Crippen LogP contribution in [0.25, 0.3) is 11.5 Å². The van der Waals surface area contributed by atoms with Crippen molar-refractivity contribution in [1.82, 2.24) is 4.98 Å². The maximum Gasteiger partial charge on any atom is 0.311 e. The highest BCUT2D eigenvalue weighted by Gasteiger charge is 2.16. The zero-order valence-corrected chi connectivity index (χ0v) is 11.2. The van der Waals surface area contributed by atoms with Crippen LogP contribution in [0.5, 0.6) is 0 Å². The number of benzene rings is 1. The fraction of sp³-hybridized carbons (Fsp3) is 0.333. The van der Waals surface area contributed by atoms with Gasteiger partial charge in [-0.3, -0.25) is 4.79 Å². The van der Waals surface area contributed by atoms with E-state index in [0.29, 0.717) is 24.6 Å². The van der Waals surface area contributed by atoms with Crippen LogP contribution < -0.4 is 0 Å². The predicted molar refractivity (Wildman–Crippen MR) is 71.7 cm³/mol. The Bertz CT molecular complexity index is 546. The van der Waals surface area contributed by atoms with E-state index in [1.807, 2.05) is 37.3 Å². The van der Waals surface area contributed by atoms with E-state index in [-0.39, 0.29) is 12.4 Å². The summed E-state index contributed by atoms with van der Waals surface area (Å²) in [6, 6.07) is 9.65. The minimum atomic E-state index is -0.273. The molecule has 0 radical (unpaired) electrons. The summed E-state index contributed by atoms with van der Waals surface area (Å²) in [5, 5.41) is 0. The first kappa shape index (κ1) is 13.3. The van der Waals surface area contributed by atoms with Crippen LogP contribution in [-0.2, 0) is 22.4 Å². The molecule has 1 heterocycles. The number of ether oxygens (including phenoxy) is 1. The molecule has 2 rings (SSSR count). The molecule has 0 fully saturated rings. The third-order valence-electron chi connectivity index (χ3n) is 2.74. The molecule has 0 saturated carbocycles. The second kappa shape index (κ2) is 6.18. The number of esters is 1. The normalized spacial score (nSPS) is 10.4. The van der Waals surface area contributed by atoms with Crippen LogP contribution >= 0.6 is 0 Å². The van der Waals surface area contributed by atoms with E-state index < -0.39 is 0 Å². The first-order valence-corrected chi connectivity index (χ1v) is 6.44. The van der Waals surface area contributed by atoms with Crippen LogP contribution in [0.1, 0.15) is 25.3 Å². The Morgan fingerprint density at radius 1 is 1.26 bits per heavy atom. The Morgan fingerprint density at radius 2 is 2.00 bits per heavy atom. The first-order chi connectivity index (χ1) is 9.24. The minimum Gasteiger partial charge on any atom is -0.466 e. The summed E-state index contributed by atoms with van der Waals surface area (Å²) in [5.74, 6) is 1.02. The zero-order valence-electron chi connectivity index (χ0n) is 11.2. The van der Waals surface area contributed by atoms with Crippen molar-refractivity contribution in [2.75, 3.05) is 6.61 Å². The summed E-state index contributed by atoms with van der Waals surface area (Å²) in [4.78, 5) is 15.9.